The van der Waals surface area contributed by atoms with Crippen LogP contribution in [0.4, 0.5) is 0 Å². The molecule has 2 aliphatic rings. The van der Waals surface area contributed by atoms with Gasteiger partial charge in [-0.05, 0) is 29.7 Å². The molecular formula is C18H17BrO2. The fourth-order valence-corrected chi connectivity index (χ4v) is 3.97. The second-order valence-corrected chi connectivity index (χ2v) is 6.59. The summed E-state index contributed by atoms with van der Waals surface area (Å²) in [6, 6.07) is 16.7. The Balaban J connectivity index is 1.70. The van der Waals surface area contributed by atoms with Crippen molar-refractivity contribution in [1.82, 2.24) is 0 Å². The van der Waals surface area contributed by atoms with Crippen molar-refractivity contribution < 1.29 is 9.47 Å². The summed E-state index contributed by atoms with van der Waals surface area (Å²) in [5.74, 6) is 1.43. The molecule has 0 radical (unpaired) electrons. The van der Waals surface area contributed by atoms with Gasteiger partial charge in [-0.3, -0.25) is 0 Å². The van der Waals surface area contributed by atoms with Crippen LogP contribution < -0.4 is 4.74 Å². The van der Waals surface area contributed by atoms with Gasteiger partial charge in [0, 0.05) is 16.8 Å². The van der Waals surface area contributed by atoms with Crippen LogP contribution in [0, 0.1) is 5.92 Å². The largest absolute Gasteiger partial charge is 0.490 e. The third-order valence-electron chi connectivity index (χ3n) is 4.48. The highest BCUT2D eigenvalue weighted by Crippen LogP contribution is 2.44. The molecule has 0 unspecified atom stereocenters. The molecular weight excluding hydrogens is 328 g/mol. The van der Waals surface area contributed by atoms with E-state index in [9.17, 15) is 0 Å². The minimum atomic E-state index is 0.104. The zero-order chi connectivity index (χ0) is 14.2. The minimum absolute atomic E-state index is 0.104. The van der Waals surface area contributed by atoms with Crippen LogP contribution in [0.25, 0.3) is 0 Å². The minimum Gasteiger partial charge on any atom is -0.490 e. The average Bonchev–Trinajstić information content (AvgIpc) is 2.53. The molecule has 0 N–H and O–H groups in total. The van der Waals surface area contributed by atoms with E-state index in [4.69, 9.17) is 9.47 Å². The maximum atomic E-state index is 6.23. The lowest BCUT2D eigenvalue weighted by atomic mass is 9.81. The van der Waals surface area contributed by atoms with E-state index in [1.165, 1.54) is 11.1 Å². The number of halogens is 1. The molecule has 2 aromatic rings. The summed E-state index contributed by atoms with van der Waals surface area (Å²) in [5, 5.41) is 0. The number of benzene rings is 2. The molecule has 1 saturated heterocycles. The monoisotopic (exact) mass is 344 g/mol. The Hall–Kier alpha value is -1.32. The number of para-hydroxylation sites is 1. The first-order valence-corrected chi connectivity index (χ1v) is 8.23. The molecule has 2 aromatic carbocycles. The lowest BCUT2D eigenvalue weighted by Gasteiger charge is -2.42. The third kappa shape index (κ3) is 2.39. The van der Waals surface area contributed by atoms with E-state index in [1.54, 1.807) is 0 Å². The molecule has 3 heteroatoms. The summed E-state index contributed by atoms with van der Waals surface area (Å²) in [4.78, 5) is 0. The molecule has 0 saturated carbocycles. The van der Waals surface area contributed by atoms with Crippen molar-refractivity contribution in [1.29, 1.82) is 0 Å². The van der Waals surface area contributed by atoms with Gasteiger partial charge in [0.1, 0.15) is 11.9 Å². The van der Waals surface area contributed by atoms with E-state index in [0.29, 0.717) is 5.92 Å². The summed E-state index contributed by atoms with van der Waals surface area (Å²) < 4.78 is 13.5. The number of hydrogen-bond donors (Lipinski definition) is 0. The molecule has 0 aromatic heterocycles. The average molecular weight is 345 g/mol. The Morgan fingerprint density at radius 3 is 2.71 bits per heavy atom. The molecule has 108 valence electrons. The third-order valence-corrected chi connectivity index (χ3v) is 5.21. The van der Waals surface area contributed by atoms with Crippen LogP contribution in [0.3, 0.4) is 0 Å². The fraction of sp³-hybridized carbons (Fsp3) is 0.333. The molecule has 2 heterocycles. The van der Waals surface area contributed by atoms with Crippen molar-refractivity contribution in [3.8, 4) is 5.75 Å². The zero-order valence-electron chi connectivity index (χ0n) is 11.7. The molecule has 0 amide bonds. The molecule has 1 fully saturated rings. The Bertz CT molecular complexity index is 655. The number of rotatable bonds is 1. The van der Waals surface area contributed by atoms with E-state index in [1.807, 2.05) is 12.1 Å². The molecule has 3 atom stereocenters. The van der Waals surface area contributed by atoms with Crippen molar-refractivity contribution >= 4 is 15.9 Å². The second kappa shape index (κ2) is 5.47. The van der Waals surface area contributed by atoms with E-state index < -0.39 is 0 Å². The summed E-state index contributed by atoms with van der Waals surface area (Å²) >= 11 is 3.66. The van der Waals surface area contributed by atoms with E-state index in [0.717, 1.165) is 29.7 Å². The Morgan fingerprint density at radius 1 is 1.00 bits per heavy atom. The van der Waals surface area contributed by atoms with Crippen molar-refractivity contribution in [2.24, 2.45) is 5.92 Å². The second-order valence-electron chi connectivity index (χ2n) is 5.73. The molecule has 0 spiro atoms. The predicted octanol–water partition coefficient (Wildman–Crippen LogP) is 4.53. The molecule has 0 bridgehead atoms. The van der Waals surface area contributed by atoms with Gasteiger partial charge in [-0.15, -0.1) is 0 Å². The van der Waals surface area contributed by atoms with E-state index in [-0.39, 0.29) is 12.2 Å². The van der Waals surface area contributed by atoms with Gasteiger partial charge < -0.3 is 9.47 Å². The molecule has 21 heavy (non-hydrogen) atoms. The van der Waals surface area contributed by atoms with Gasteiger partial charge in [-0.2, -0.15) is 0 Å². The SMILES string of the molecule is Brc1ccccc1[C@@H]1OCC[C@@H]2Oc3ccccc3C[C@H]21. The Kier molecular flexibility index (Phi) is 3.48. The van der Waals surface area contributed by atoms with Crippen LogP contribution in [0.15, 0.2) is 53.0 Å². The maximum absolute atomic E-state index is 6.23. The van der Waals surface area contributed by atoms with Gasteiger partial charge in [0.05, 0.1) is 12.7 Å². The molecule has 0 aliphatic carbocycles. The van der Waals surface area contributed by atoms with Crippen molar-refractivity contribution in [2.75, 3.05) is 6.61 Å². The van der Waals surface area contributed by atoms with Crippen molar-refractivity contribution in [3.63, 3.8) is 0 Å². The van der Waals surface area contributed by atoms with Gasteiger partial charge in [0.25, 0.3) is 0 Å². The highest BCUT2D eigenvalue weighted by Gasteiger charge is 2.40. The lowest BCUT2D eigenvalue weighted by molar-refractivity contribution is -0.0922. The van der Waals surface area contributed by atoms with Crippen molar-refractivity contribution in [3.05, 3.63) is 64.1 Å². The van der Waals surface area contributed by atoms with Gasteiger partial charge >= 0.3 is 0 Å². The smallest absolute Gasteiger partial charge is 0.122 e. The van der Waals surface area contributed by atoms with Crippen LogP contribution in [0.2, 0.25) is 0 Å². The van der Waals surface area contributed by atoms with E-state index >= 15 is 0 Å². The van der Waals surface area contributed by atoms with Crippen LogP contribution in [-0.2, 0) is 11.2 Å². The van der Waals surface area contributed by atoms with Gasteiger partial charge in [0.2, 0.25) is 0 Å². The first-order chi connectivity index (χ1) is 10.3. The van der Waals surface area contributed by atoms with Gasteiger partial charge in [0.15, 0.2) is 0 Å². The summed E-state index contributed by atoms with van der Waals surface area (Å²) in [7, 11) is 0. The number of ether oxygens (including phenoxy) is 2. The quantitative estimate of drug-likeness (QED) is 0.756. The Morgan fingerprint density at radius 2 is 1.81 bits per heavy atom. The molecule has 2 aliphatic heterocycles. The van der Waals surface area contributed by atoms with Crippen molar-refractivity contribution in [2.45, 2.75) is 25.0 Å². The Labute approximate surface area is 133 Å². The van der Waals surface area contributed by atoms with Gasteiger partial charge in [-0.1, -0.05) is 52.3 Å². The maximum Gasteiger partial charge on any atom is 0.122 e. The van der Waals surface area contributed by atoms with Crippen LogP contribution >= 0.6 is 15.9 Å². The number of fused-ring (bicyclic) bond motifs is 2. The zero-order valence-corrected chi connectivity index (χ0v) is 13.3. The topological polar surface area (TPSA) is 18.5 Å². The highest BCUT2D eigenvalue weighted by molar-refractivity contribution is 9.10. The normalized spacial score (nSPS) is 27.4. The summed E-state index contributed by atoms with van der Waals surface area (Å²) in [6.45, 7) is 0.759. The lowest BCUT2D eigenvalue weighted by Crippen LogP contribution is -2.42. The van der Waals surface area contributed by atoms with Crippen LogP contribution in [0.5, 0.6) is 5.75 Å². The summed E-state index contributed by atoms with van der Waals surface area (Å²) in [6.07, 6.45) is 2.35. The highest BCUT2D eigenvalue weighted by atomic mass is 79.9. The first kappa shape index (κ1) is 13.4. The fourth-order valence-electron chi connectivity index (χ4n) is 3.46. The van der Waals surface area contributed by atoms with Gasteiger partial charge in [-0.25, -0.2) is 0 Å². The van der Waals surface area contributed by atoms with Crippen LogP contribution in [-0.4, -0.2) is 12.7 Å². The van der Waals surface area contributed by atoms with E-state index in [2.05, 4.69) is 52.3 Å². The summed E-state index contributed by atoms with van der Waals surface area (Å²) in [5.41, 5.74) is 2.52. The number of hydrogen-bond acceptors (Lipinski definition) is 2. The molecule has 4 rings (SSSR count). The predicted molar refractivity (Wildman–Crippen MR) is 85.5 cm³/mol. The molecule has 2 nitrogen and oxygen atoms in total. The van der Waals surface area contributed by atoms with Crippen LogP contribution in [0.1, 0.15) is 23.7 Å². The standard InChI is InChI=1S/C18H17BrO2/c19-15-7-3-2-6-13(15)18-14-11-12-5-1-4-8-16(12)21-17(14)9-10-20-18/h1-8,14,17-18H,9-11H2/t14-,17+,18+/m1/s1. The first-order valence-electron chi connectivity index (χ1n) is 7.43.